The normalized spacial score (nSPS) is 22.2. The number of thiazole rings is 1. The van der Waals surface area contributed by atoms with E-state index < -0.39 is 5.60 Å². The van der Waals surface area contributed by atoms with Crippen molar-refractivity contribution in [2.24, 2.45) is 5.73 Å². The molecule has 2 aliphatic rings. The summed E-state index contributed by atoms with van der Waals surface area (Å²) in [7, 11) is 0. The van der Waals surface area contributed by atoms with Gasteiger partial charge in [0.25, 0.3) is 0 Å². The Kier molecular flexibility index (Phi) is 4.96. The molecule has 1 aromatic heterocycles. The van der Waals surface area contributed by atoms with E-state index in [9.17, 15) is 4.79 Å². The molecule has 0 unspecified atom stereocenters. The van der Waals surface area contributed by atoms with Crippen molar-refractivity contribution in [2.45, 2.75) is 44.9 Å². The van der Waals surface area contributed by atoms with Crippen molar-refractivity contribution in [3.05, 3.63) is 12.1 Å². The largest absolute Gasteiger partial charge is 0.486 e. The first-order valence-electron chi connectivity index (χ1n) is 9.49. The minimum atomic E-state index is -0.520. The molecule has 3 heterocycles. The van der Waals surface area contributed by atoms with Crippen LogP contribution >= 0.6 is 11.3 Å². The van der Waals surface area contributed by atoms with E-state index in [1.807, 2.05) is 32.9 Å². The van der Waals surface area contributed by atoms with Crippen molar-refractivity contribution in [1.82, 2.24) is 9.88 Å². The molecule has 28 heavy (non-hydrogen) atoms. The molecule has 1 saturated heterocycles. The van der Waals surface area contributed by atoms with Gasteiger partial charge < -0.3 is 30.2 Å². The first-order chi connectivity index (χ1) is 13.3. The monoisotopic (exact) mass is 406 g/mol. The topological polar surface area (TPSA) is 98.9 Å². The van der Waals surface area contributed by atoms with Crippen LogP contribution < -0.4 is 20.5 Å². The van der Waals surface area contributed by atoms with E-state index in [-0.39, 0.29) is 18.2 Å². The fourth-order valence-corrected chi connectivity index (χ4v) is 4.26. The van der Waals surface area contributed by atoms with Crippen molar-refractivity contribution >= 4 is 32.8 Å². The maximum atomic E-state index is 12.4. The Balaban J connectivity index is 1.50. The van der Waals surface area contributed by atoms with E-state index in [4.69, 9.17) is 24.9 Å². The lowest BCUT2D eigenvalue weighted by Crippen LogP contribution is -2.56. The Morgan fingerprint density at radius 3 is 2.93 bits per heavy atom. The van der Waals surface area contributed by atoms with Gasteiger partial charge in [-0.2, -0.15) is 0 Å². The van der Waals surface area contributed by atoms with E-state index in [1.54, 1.807) is 4.90 Å². The Hall–Kier alpha value is -2.26. The Morgan fingerprint density at radius 1 is 1.36 bits per heavy atom. The second kappa shape index (κ2) is 7.29. The number of likely N-dealkylation sites (tertiary alicyclic amines) is 1. The van der Waals surface area contributed by atoms with Gasteiger partial charge in [0, 0.05) is 19.1 Å². The highest BCUT2D eigenvalue weighted by molar-refractivity contribution is 7.22. The predicted molar refractivity (Wildman–Crippen MR) is 108 cm³/mol. The van der Waals surface area contributed by atoms with Gasteiger partial charge in [0.2, 0.25) is 0 Å². The number of hydrogen-bond acceptors (Lipinski definition) is 8. The van der Waals surface area contributed by atoms with Crippen LogP contribution in [0, 0.1) is 0 Å². The average molecular weight is 407 g/mol. The van der Waals surface area contributed by atoms with E-state index in [2.05, 4.69) is 5.32 Å². The lowest BCUT2D eigenvalue weighted by Gasteiger charge is -2.37. The van der Waals surface area contributed by atoms with Gasteiger partial charge in [-0.25, -0.2) is 9.78 Å². The number of carbonyl (C=O) groups is 1. The molecule has 4 rings (SSSR count). The van der Waals surface area contributed by atoms with Gasteiger partial charge in [0.15, 0.2) is 16.6 Å². The van der Waals surface area contributed by atoms with Gasteiger partial charge in [-0.15, -0.1) is 0 Å². The maximum absolute atomic E-state index is 12.4. The van der Waals surface area contributed by atoms with Gasteiger partial charge >= 0.3 is 6.09 Å². The Morgan fingerprint density at radius 2 is 2.14 bits per heavy atom. The van der Waals surface area contributed by atoms with E-state index in [0.29, 0.717) is 38.5 Å². The third-order valence-corrected chi connectivity index (χ3v) is 5.64. The molecule has 9 heteroatoms. The van der Waals surface area contributed by atoms with E-state index >= 15 is 0 Å². The molecule has 0 spiro atoms. The number of nitrogens with zero attached hydrogens (tertiary/aromatic N) is 2. The molecule has 152 valence electrons. The van der Waals surface area contributed by atoms with Gasteiger partial charge in [-0.05, 0) is 39.3 Å². The number of hydrogen-bond donors (Lipinski definition) is 2. The van der Waals surface area contributed by atoms with Crippen LogP contribution in [0.5, 0.6) is 11.5 Å². The average Bonchev–Trinajstić information content (AvgIpc) is 3.05. The first-order valence-corrected chi connectivity index (χ1v) is 10.3. The second-order valence-corrected chi connectivity index (χ2v) is 9.12. The van der Waals surface area contributed by atoms with E-state index in [0.717, 1.165) is 21.1 Å². The summed E-state index contributed by atoms with van der Waals surface area (Å²) in [6.45, 7) is 7.73. The van der Waals surface area contributed by atoms with Crippen molar-refractivity contribution in [1.29, 1.82) is 0 Å². The highest BCUT2D eigenvalue weighted by atomic mass is 32.1. The van der Waals surface area contributed by atoms with Crippen LogP contribution in [-0.4, -0.2) is 60.0 Å². The molecular weight excluding hydrogens is 380 g/mol. The number of benzene rings is 1. The number of fused-ring (bicyclic) bond motifs is 3. The lowest BCUT2D eigenvalue weighted by molar-refractivity contribution is 0.0196. The summed E-state index contributed by atoms with van der Waals surface area (Å²) < 4.78 is 17.9. The molecule has 0 aliphatic carbocycles. The minimum absolute atomic E-state index is 0.0702. The molecule has 2 atom stereocenters. The van der Waals surface area contributed by atoms with Crippen LogP contribution in [0.1, 0.15) is 27.2 Å². The molecule has 1 amide bonds. The van der Waals surface area contributed by atoms with Gasteiger partial charge in [0.05, 0.1) is 10.7 Å². The van der Waals surface area contributed by atoms with Gasteiger partial charge in [-0.3, -0.25) is 0 Å². The molecule has 0 saturated carbocycles. The van der Waals surface area contributed by atoms with Crippen molar-refractivity contribution < 1.29 is 19.0 Å². The number of ether oxygens (including phenoxy) is 3. The molecule has 0 bridgehead atoms. The van der Waals surface area contributed by atoms with Gasteiger partial charge in [-0.1, -0.05) is 11.3 Å². The molecule has 0 radical (unpaired) electrons. The number of amides is 1. The summed E-state index contributed by atoms with van der Waals surface area (Å²) in [5.41, 5.74) is 6.58. The summed E-state index contributed by atoms with van der Waals surface area (Å²) in [6.07, 6.45) is 0.392. The number of carbonyl (C=O) groups excluding carboxylic acids is 1. The third-order valence-electron chi connectivity index (χ3n) is 4.69. The molecule has 1 fully saturated rings. The van der Waals surface area contributed by atoms with Crippen LogP contribution in [0.25, 0.3) is 10.2 Å². The maximum Gasteiger partial charge on any atom is 0.410 e. The third kappa shape index (κ3) is 3.95. The van der Waals surface area contributed by atoms with Crippen LogP contribution in [0.3, 0.4) is 0 Å². The second-order valence-electron chi connectivity index (χ2n) is 8.09. The summed E-state index contributed by atoms with van der Waals surface area (Å²) in [5, 5.41) is 4.16. The number of piperidine rings is 1. The fraction of sp³-hybridized carbons (Fsp3) is 0.579. The smallest absolute Gasteiger partial charge is 0.410 e. The Labute approximate surface area is 167 Å². The quantitative estimate of drug-likeness (QED) is 0.791. The SMILES string of the molecule is CC(C)(C)OC(=O)N1CC[C@H](N)[C@H](Nc2nc3c4c(ccc3s2)OCCO4)C1. The highest BCUT2D eigenvalue weighted by Crippen LogP contribution is 2.40. The minimum Gasteiger partial charge on any atom is -0.486 e. The van der Waals surface area contributed by atoms with Crippen LogP contribution in [0.2, 0.25) is 0 Å². The summed E-state index contributed by atoms with van der Waals surface area (Å²) in [4.78, 5) is 18.8. The highest BCUT2D eigenvalue weighted by Gasteiger charge is 2.32. The Bertz CT molecular complexity index is 879. The van der Waals surface area contributed by atoms with Crippen LogP contribution in [0.15, 0.2) is 12.1 Å². The number of anilines is 1. The number of nitrogens with two attached hydrogens (primary N) is 1. The van der Waals surface area contributed by atoms with Crippen LogP contribution in [-0.2, 0) is 4.74 Å². The standard InChI is InChI=1S/C19H26N4O4S/c1-19(2,3)27-18(24)23-7-6-11(20)12(10-23)21-17-22-15-14(28-17)5-4-13-16(15)26-9-8-25-13/h4-5,11-12H,6-10,20H2,1-3H3,(H,21,22)/t11-,12+/m0/s1. The van der Waals surface area contributed by atoms with Crippen molar-refractivity contribution in [2.75, 3.05) is 31.6 Å². The number of aromatic nitrogens is 1. The fourth-order valence-electron chi connectivity index (χ4n) is 3.34. The number of rotatable bonds is 2. The zero-order valence-corrected chi connectivity index (χ0v) is 17.2. The zero-order valence-electron chi connectivity index (χ0n) is 16.4. The zero-order chi connectivity index (χ0) is 19.9. The molecule has 2 aliphatic heterocycles. The van der Waals surface area contributed by atoms with Crippen LogP contribution in [0.4, 0.5) is 9.93 Å². The summed E-state index contributed by atoms with van der Waals surface area (Å²) in [5.74, 6) is 1.41. The lowest BCUT2D eigenvalue weighted by atomic mass is 10.0. The molecule has 1 aromatic carbocycles. The summed E-state index contributed by atoms with van der Waals surface area (Å²) >= 11 is 1.54. The summed E-state index contributed by atoms with van der Waals surface area (Å²) in [6, 6.07) is 3.73. The molecule has 8 nitrogen and oxygen atoms in total. The molecule has 3 N–H and O–H groups in total. The van der Waals surface area contributed by atoms with Gasteiger partial charge in [0.1, 0.15) is 24.3 Å². The van der Waals surface area contributed by atoms with Crippen molar-refractivity contribution in [3.63, 3.8) is 0 Å². The van der Waals surface area contributed by atoms with Crippen molar-refractivity contribution in [3.8, 4) is 11.5 Å². The molecular formula is C19H26N4O4S. The predicted octanol–water partition coefficient (Wildman–Crippen LogP) is 2.82. The first kappa shape index (κ1) is 19.1. The van der Waals surface area contributed by atoms with E-state index in [1.165, 1.54) is 11.3 Å². The number of nitrogens with one attached hydrogen (secondary N) is 1. The molecule has 2 aromatic rings.